The maximum Gasteiger partial charge on any atom is 0.249 e. The van der Waals surface area contributed by atoms with E-state index >= 15 is 0 Å². The van der Waals surface area contributed by atoms with Crippen molar-refractivity contribution in [3.63, 3.8) is 0 Å². The van der Waals surface area contributed by atoms with Gasteiger partial charge in [0.1, 0.15) is 4.60 Å². The van der Waals surface area contributed by atoms with Gasteiger partial charge < -0.3 is 11.1 Å². The zero-order valence-electron chi connectivity index (χ0n) is 9.74. The minimum Gasteiger partial charge on any atom is -0.379 e. The van der Waals surface area contributed by atoms with Crippen molar-refractivity contribution in [3.05, 3.63) is 44.3 Å². The molecule has 0 radical (unpaired) electrons. The average Bonchev–Trinajstić information content (AvgIpc) is 2.79. The van der Waals surface area contributed by atoms with Gasteiger partial charge in [-0.3, -0.25) is 4.79 Å². The van der Waals surface area contributed by atoms with Crippen LogP contribution in [0.4, 0.5) is 5.69 Å². The van der Waals surface area contributed by atoms with Crippen LogP contribution in [0.25, 0.3) is 0 Å². The molecule has 0 atom stereocenters. The molecule has 0 unspecified atom stereocenters. The molecule has 0 aromatic carbocycles. The van der Waals surface area contributed by atoms with E-state index in [1.165, 1.54) is 11.3 Å². The number of halogens is 1. The number of carbonyl (C=O) groups is 1. The minimum absolute atomic E-state index is 0.390. The van der Waals surface area contributed by atoms with E-state index in [0.717, 1.165) is 20.7 Å². The van der Waals surface area contributed by atoms with Crippen molar-refractivity contribution >= 4 is 38.9 Å². The number of anilines is 1. The number of thiophene rings is 1. The molecule has 0 saturated carbocycles. The number of hydrogen-bond acceptors (Lipinski definition) is 4. The van der Waals surface area contributed by atoms with Crippen molar-refractivity contribution in [3.8, 4) is 0 Å². The van der Waals surface area contributed by atoms with Gasteiger partial charge in [-0.1, -0.05) is 0 Å². The average molecular weight is 326 g/mol. The maximum absolute atomic E-state index is 11.0. The zero-order valence-corrected chi connectivity index (χ0v) is 12.1. The van der Waals surface area contributed by atoms with Crippen LogP contribution in [0.1, 0.15) is 20.8 Å². The highest BCUT2D eigenvalue weighted by Gasteiger charge is 2.05. The summed E-state index contributed by atoms with van der Waals surface area (Å²) >= 11 is 4.87. The van der Waals surface area contributed by atoms with Gasteiger partial charge in [0.25, 0.3) is 0 Å². The lowest BCUT2D eigenvalue weighted by Gasteiger charge is -2.06. The summed E-state index contributed by atoms with van der Waals surface area (Å²) in [6, 6.07) is 3.82. The lowest BCUT2D eigenvalue weighted by molar-refractivity contribution is 0.100. The highest BCUT2D eigenvalue weighted by atomic mass is 79.9. The smallest absolute Gasteiger partial charge is 0.249 e. The van der Waals surface area contributed by atoms with Gasteiger partial charge in [0.05, 0.1) is 17.4 Å². The van der Waals surface area contributed by atoms with Gasteiger partial charge in [-0.25, -0.2) is 4.98 Å². The molecule has 2 aromatic rings. The molecular formula is C12H12BrN3OS. The molecule has 4 nitrogen and oxygen atoms in total. The van der Waals surface area contributed by atoms with Crippen LogP contribution in [-0.4, -0.2) is 10.9 Å². The summed E-state index contributed by atoms with van der Waals surface area (Å²) in [6.07, 6.45) is 1.76. The number of nitrogens with one attached hydrogen (secondary N) is 1. The van der Waals surface area contributed by atoms with Crippen molar-refractivity contribution < 1.29 is 4.79 Å². The number of aromatic nitrogens is 1. The molecular weight excluding hydrogens is 314 g/mol. The Morgan fingerprint density at radius 1 is 1.56 bits per heavy atom. The fourth-order valence-corrected chi connectivity index (χ4v) is 2.48. The Morgan fingerprint density at radius 2 is 2.33 bits per heavy atom. The Kier molecular flexibility index (Phi) is 3.98. The van der Waals surface area contributed by atoms with Gasteiger partial charge in [-0.2, -0.15) is 0 Å². The number of hydrogen-bond donors (Lipinski definition) is 2. The summed E-state index contributed by atoms with van der Waals surface area (Å²) in [6.45, 7) is 2.64. The van der Waals surface area contributed by atoms with Crippen molar-refractivity contribution in [2.24, 2.45) is 5.73 Å². The molecule has 3 N–H and O–H groups in total. The molecule has 0 fully saturated rings. The van der Waals surface area contributed by atoms with Crippen LogP contribution in [0.15, 0.2) is 28.3 Å². The van der Waals surface area contributed by atoms with E-state index in [9.17, 15) is 4.79 Å². The summed E-state index contributed by atoms with van der Waals surface area (Å²) < 4.78 is 0.847. The number of nitrogens with zero attached hydrogens (tertiary/aromatic N) is 1. The summed E-state index contributed by atoms with van der Waals surface area (Å²) in [5.41, 5.74) is 7.78. The predicted octanol–water partition coefficient (Wildman–Crippen LogP) is 2.93. The Morgan fingerprint density at radius 3 is 2.94 bits per heavy atom. The normalized spacial score (nSPS) is 10.3. The fraction of sp³-hybridized carbons (Fsp3) is 0.167. The first-order valence-electron chi connectivity index (χ1n) is 5.29. The molecule has 0 aliphatic heterocycles. The Hall–Kier alpha value is -1.40. The van der Waals surface area contributed by atoms with Crippen LogP contribution in [0, 0.1) is 6.92 Å². The highest BCUT2D eigenvalue weighted by Crippen LogP contribution is 2.19. The molecule has 0 aliphatic rings. The Labute approximate surface area is 117 Å². The second-order valence-electron chi connectivity index (χ2n) is 3.85. The molecule has 6 heteroatoms. The van der Waals surface area contributed by atoms with Crippen LogP contribution < -0.4 is 11.1 Å². The van der Waals surface area contributed by atoms with E-state index in [1.54, 1.807) is 17.6 Å². The van der Waals surface area contributed by atoms with Gasteiger partial charge >= 0.3 is 0 Å². The summed E-state index contributed by atoms with van der Waals surface area (Å²) in [7, 11) is 0. The third kappa shape index (κ3) is 3.08. The van der Waals surface area contributed by atoms with Gasteiger partial charge in [-0.05, 0) is 40.5 Å². The topological polar surface area (TPSA) is 68.0 Å². The zero-order chi connectivity index (χ0) is 13.1. The molecule has 2 heterocycles. The van der Waals surface area contributed by atoms with Crippen molar-refractivity contribution in [2.45, 2.75) is 13.5 Å². The molecule has 0 bridgehead atoms. The third-order valence-electron chi connectivity index (χ3n) is 2.42. The van der Waals surface area contributed by atoms with Gasteiger partial charge in [0.2, 0.25) is 5.91 Å². The number of amides is 1. The predicted molar refractivity (Wildman–Crippen MR) is 76.8 cm³/mol. The quantitative estimate of drug-likeness (QED) is 0.849. The van der Waals surface area contributed by atoms with Crippen LogP contribution in [-0.2, 0) is 6.54 Å². The van der Waals surface area contributed by atoms with E-state index in [4.69, 9.17) is 5.73 Å². The van der Waals surface area contributed by atoms with Crippen molar-refractivity contribution in [1.82, 2.24) is 4.98 Å². The number of nitrogens with two attached hydrogens (primary N) is 1. The van der Waals surface area contributed by atoms with E-state index in [1.807, 2.05) is 13.0 Å². The van der Waals surface area contributed by atoms with Crippen LogP contribution in [0.3, 0.4) is 0 Å². The first kappa shape index (κ1) is 13.0. The molecule has 2 aromatic heterocycles. The Bertz CT molecular complexity index is 582. The number of rotatable bonds is 4. The largest absolute Gasteiger partial charge is 0.379 e. The molecule has 0 aliphatic carbocycles. The number of carbonyl (C=O) groups excluding carboxylic acids is 1. The number of primary amides is 1. The molecule has 0 saturated heterocycles. The number of aryl methyl sites for hydroxylation is 1. The first-order chi connectivity index (χ1) is 8.56. The van der Waals surface area contributed by atoms with Crippen LogP contribution in [0.2, 0.25) is 0 Å². The van der Waals surface area contributed by atoms with Gasteiger partial charge in [-0.15, -0.1) is 11.3 Å². The van der Waals surface area contributed by atoms with E-state index in [-0.39, 0.29) is 0 Å². The molecule has 1 amide bonds. The van der Waals surface area contributed by atoms with Gasteiger partial charge in [0.15, 0.2) is 0 Å². The van der Waals surface area contributed by atoms with Crippen LogP contribution in [0.5, 0.6) is 0 Å². The first-order valence-corrected chi connectivity index (χ1v) is 6.97. The Balaban J connectivity index is 2.02. The molecule has 0 spiro atoms. The minimum atomic E-state index is -0.390. The molecule has 94 valence electrons. The lowest BCUT2D eigenvalue weighted by atomic mass is 10.3. The number of pyridine rings is 1. The lowest BCUT2D eigenvalue weighted by Crippen LogP contribution is -2.09. The monoisotopic (exact) mass is 325 g/mol. The second-order valence-corrected chi connectivity index (χ2v) is 5.60. The van der Waals surface area contributed by atoms with E-state index < -0.39 is 5.91 Å². The summed E-state index contributed by atoms with van der Waals surface area (Å²) in [4.78, 5) is 16.2. The van der Waals surface area contributed by atoms with E-state index in [2.05, 4.69) is 26.2 Å². The fourth-order valence-electron chi connectivity index (χ4n) is 1.45. The SMILES string of the molecule is Cc1cc(NCc2cc(C(N)=O)cs2)cnc1Br. The van der Waals surface area contributed by atoms with E-state index in [0.29, 0.717) is 12.1 Å². The molecule has 2 rings (SSSR count). The summed E-state index contributed by atoms with van der Waals surface area (Å²) in [5.74, 6) is -0.390. The molecule has 18 heavy (non-hydrogen) atoms. The van der Waals surface area contributed by atoms with Gasteiger partial charge in [0, 0.05) is 16.8 Å². The second kappa shape index (κ2) is 5.49. The summed E-state index contributed by atoms with van der Waals surface area (Å²) in [5, 5.41) is 5.02. The standard InChI is InChI=1S/C12H12BrN3OS/c1-7-2-9(4-16-11(7)13)15-5-10-3-8(6-18-10)12(14)17/h2-4,6,15H,5H2,1H3,(H2,14,17). The van der Waals surface area contributed by atoms with Crippen molar-refractivity contribution in [1.29, 1.82) is 0 Å². The van der Waals surface area contributed by atoms with Crippen LogP contribution >= 0.6 is 27.3 Å². The highest BCUT2D eigenvalue weighted by molar-refractivity contribution is 9.10. The maximum atomic E-state index is 11.0. The van der Waals surface area contributed by atoms with Crippen molar-refractivity contribution in [2.75, 3.05) is 5.32 Å². The third-order valence-corrected chi connectivity index (χ3v) is 4.19.